The average molecular weight is 292 g/mol. The maximum Gasteiger partial charge on any atom is 0.227 e. The molecule has 0 radical (unpaired) electrons. The Labute approximate surface area is 129 Å². The third-order valence-corrected chi connectivity index (χ3v) is 5.84. The van der Waals surface area contributed by atoms with Crippen molar-refractivity contribution in [1.82, 2.24) is 4.90 Å². The van der Waals surface area contributed by atoms with Crippen LogP contribution in [0, 0.1) is 11.8 Å². The van der Waals surface area contributed by atoms with Crippen LogP contribution in [0.2, 0.25) is 0 Å². The zero-order valence-electron chi connectivity index (χ0n) is 13.4. The van der Waals surface area contributed by atoms with Gasteiger partial charge in [0.1, 0.15) is 0 Å². The lowest BCUT2D eigenvalue weighted by Crippen LogP contribution is -2.46. The molecule has 0 heterocycles. The molecule has 2 N–H and O–H groups in total. The van der Waals surface area contributed by atoms with Crippen molar-refractivity contribution in [3.05, 3.63) is 0 Å². The zero-order chi connectivity index (χ0) is 14.7. The van der Waals surface area contributed by atoms with E-state index in [0.29, 0.717) is 11.9 Å². The first kappa shape index (κ1) is 15.3. The van der Waals surface area contributed by atoms with Gasteiger partial charge in [0.15, 0.2) is 0 Å². The molecule has 2 atom stereocenters. The summed E-state index contributed by atoms with van der Waals surface area (Å²) in [7, 11) is 0. The van der Waals surface area contributed by atoms with Crippen LogP contribution in [0.3, 0.4) is 0 Å². The second kappa shape index (κ2) is 7.13. The summed E-state index contributed by atoms with van der Waals surface area (Å²) in [5, 5.41) is 0. The first-order chi connectivity index (χ1) is 10.3. The number of nitrogens with zero attached hydrogens (tertiary/aromatic N) is 1. The third kappa shape index (κ3) is 4.00. The number of carbonyl (C=O) groups is 1. The minimum absolute atomic E-state index is 0.104. The van der Waals surface area contributed by atoms with E-state index < -0.39 is 0 Å². The number of nitrogens with two attached hydrogens (primary N) is 1. The second-order valence-electron chi connectivity index (χ2n) is 7.63. The molecule has 3 aliphatic rings. The van der Waals surface area contributed by atoms with Crippen molar-refractivity contribution in [1.29, 1.82) is 0 Å². The summed E-state index contributed by atoms with van der Waals surface area (Å²) in [4.78, 5) is 15.3. The Morgan fingerprint density at radius 1 is 0.857 bits per heavy atom. The smallest absolute Gasteiger partial charge is 0.227 e. The number of hydrogen-bond donors (Lipinski definition) is 1. The van der Waals surface area contributed by atoms with Crippen molar-refractivity contribution >= 4 is 5.91 Å². The van der Waals surface area contributed by atoms with Gasteiger partial charge in [0.2, 0.25) is 5.91 Å². The van der Waals surface area contributed by atoms with Crippen molar-refractivity contribution in [2.45, 2.75) is 89.1 Å². The lowest BCUT2D eigenvalue weighted by atomic mass is 9.88. The maximum atomic E-state index is 13.1. The van der Waals surface area contributed by atoms with E-state index in [0.717, 1.165) is 25.3 Å². The number of rotatable bonds is 4. The molecule has 3 saturated carbocycles. The minimum atomic E-state index is 0.104. The summed E-state index contributed by atoms with van der Waals surface area (Å²) >= 11 is 0. The summed E-state index contributed by atoms with van der Waals surface area (Å²) in [6, 6.07) is 0.655. The van der Waals surface area contributed by atoms with Crippen LogP contribution >= 0.6 is 0 Å². The molecule has 0 spiro atoms. The van der Waals surface area contributed by atoms with Gasteiger partial charge >= 0.3 is 0 Å². The molecular formula is C18H32N2O. The van der Waals surface area contributed by atoms with Gasteiger partial charge in [-0.1, -0.05) is 38.5 Å². The van der Waals surface area contributed by atoms with Gasteiger partial charge in [-0.2, -0.15) is 0 Å². The fourth-order valence-electron chi connectivity index (χ4n) is 4.31. The zero-order valence-corrected chi connectivity index (χ0v) is 13.4. The number of hydrogen-bond acceptors (Lipinski definition) is 2. The molecule has 0 aromatic rings. The number of amides is 1. The average Bonchev–Trinajstić information content (AvgIpc) is 3.33. The monoisotopic (exact) mass is 292 g/mol. The summed E-state index contributed by atoms with van der Waals surface area (Å²) in [5.74, 6) is 1.26. The maximum absolute atomic E-state index is 13.1. The van der Waals surface area contributed by atoms with Crippen LogP contribution in [-0.2, 0) is 4.79 Å². The van der Waals surface area contributed by atoms with E-state index in [9.17, 15) is 4.79 Å². The van der Waals surface area contributed by atoms with Crippen molar-refractivity contribution in [3.63, 3.8) is 0 Å². The Morgan fingerprint density at radius 2 is 1.48 bits per heavy atom. The number of carbonyl (C=O) groups excluding carboxylic acids is 1. The van der Waals surface area contributed by atoms with Gasteiger partial charge in [0.25, 0.3) is 0 Å². The van der Waals surface area contributed by atoms with Crippen molar-refractivity contribution in [2.24, 2.45) is 17.6 Å². The van der Waals surface area contributed by atoms with Crippen LogP contribution < -0.4 is 5.73 Å². The highest BCUT2D eigenvalue weighted by atomic mass is 16.2. The standard InChI is InChI=1S/C18H32N2O/c19-17-10-6-2-5-9-16(17)18(21)20(15-11-12-15)13-14-7-3-1-4-8-14/h14-17H,1-13,19H2. The van der Waals surface area contributed by atoms with Gasteiger partial charge in [0.05, 0.1) is 5.92 Å². The quantitative estimate of drug-likeness (QED) is 0.807. The first-order valence-electron chi connectivity index (χ1n) is 9.32. The van der Waals surface area contributed by atoms with Crippen LogP contribution in [-0.4, -0.2) is 29.4 Å². The Bertz CT molecular complexity index is 347. The molecule has 120 valence electrons. The largest absolute Gasteiger partial charge is 0.339 e. The molecule has 0 aromatic heterocycles. The lowest BCUT2D eigenvalue weighted by molar-refractivity contribution is -0.138. The Hall–Kier alpha value is -0.570. The molecule has 21 heavy (non-hydrogen) atoms. The van der Waals surface area contributed by atoms with Crippen LogP contribution in [0.25, 0.3) is 0 Å². The van der Waals surface area contributed by atoms with E-state index in [4.69, 9.17) is 5.73 Å². The van der Waals surface area contributed by atoms with Gasteiger partial charge in [-0.25, -0.2) is 0 Å². The third-order valence-electron chi connectivity index (χ3n) is 5.84. The molecule has 3 heteroatoms. The molecule has 0 saturated heterocycles. The van der Waals surface area contributed by atoms with Gasteiger partial charge < -0.3 is 10.6 Å². The van der Waals surface area contributed by atoms with Crippen LogP contribution in [0.5, 0.6) is 0 Å². The van der Waals surface area contributed by atoms with E-state index >= 15 is 0 Å². The summed E-state index contributed by atoms with van der Waals surface area (Å²) in [6.07, 6.45) is 14.9. The van der Waals surface area contributed by atoms with E-state index in [1.807, 2.05) is 0 Å². The van der Waals surface area contributed by atoms with Crippen LogP contribution in [0.1, 0.15) is 77.0 Å². The summed E-state index contributed by atoms with van der Waals surface area (Å²) < 4.78 is 0. The SMILES string of the molecule is NC1CCCCCC1C(=O)N(CC1CCCCC1)C1CC1. The van der Waals surface area contributed by atoms with Gasteiger partial charge in [-0.15, -0.1) is 0 Å². The highest BCUT2D eigenvalue weighted by Gasteiger charge is 2.39. The van der Waals surface area contributed by atoms with Crippen molar-refractivity contribution in [2.75, 3.05) is 6.54 Å². The molecular weight excluding hydrogens is 260 g/mol. The molecule has 3 rings (SSSR count). The molecule has 1 amide bonds. The minimum Gasteiger partial charge on any atom is -0.339 e. The first-order valence-corrected chi connectivity index (χ1v) is 9.32. The van der Waals surface area contributed by atoms with E-state index in [1.165, 1.54) is 64.2 Å². The molecule has 0 bridgehead atoms. The predicted octanol–water partition coefficient (Wildman–Crippen LogP) is 3.47. The van der Waals surface area contributed by atoms with Crippen molar-refractivity contribution in [3.8, 4) is 0 Å². The topological polar surface area (TPSA) is 46.3 Å². The van der Waals surface area contributed by atoms with Gasteiger partial charge in [0, 0.05) is 18.6 Å². The van der Waals surface area contributed by atoms with Crippen molar-refractivity contribution < 1.29 is 4.79 Å². The summed E-state index contributed by atoms with van der Waals surface area (Å²) in [5.41, 5.74) is 6.32. The highest BCUT2D eigenvalue weighted by molar-refractivity contribution is 5.80. The van der Waals surface area contributed by atoms with Crippen LogP contribution in [0.4, 0.5) is 0 Å². The fraction of sp³-hybridized carbons (Fsp3) is 0.944. The van der Waals surface area contributed by atoms with Gasteiger partial charge in [-0.05, 0) is 44.4 Å². The fourth-order valence-corrected chi connectivity index (χ4v) is 4.31. The lowest BCUT2D eigenvalue weighted by Gasteiger charge is -2.33. The van der Waals surface area contributed by atoms with E-state index in [1.54, 1.807) is 0 Å². The van der Waals surface area contributed by atoms with Gasteiger partial charge in [-0.3, -0.25) is 4.79 Å². The molecule has 0 aromatic carbocycles. The molecule has 3 nitrogen and oxygen atoms in total. The highest BCUT2D eigenvalue weighted by Crippen LogP contribution is 2.34. The van der Waals surface area contributed by atoms with E-state index in [2.05, 4.69) is 4.90 Å². The Kier molecular flexibility index (Phi) is 5.20. The predicted molar refractivity (Wildman–Crippen MR) is 85.9 cm³/mol. The molecule has 3 aliphatic carbocycles. The molecule has 3 fully saturated rings. The Morgan fingerprint density at radius 3 is 2.14 bits per heavy atom. The normalized spacial score (nSPS) is 31.7. The molecule has 2 unspecified atom stereocenters. The molecule has 0 aliphatic heterocycles. The Balaban J connectivity index is 1.63. The van der Waals surface area contributed by atoms with Crippen LogP contribution in [0.15, 0.2) is 0 Å². The second-order valence-corrected chi connectivity index (χ2v) is 7.63. The van der Waals surface area contributed by atoms with E-state index in [-0.39, 0.29) is 12.0 Å². The summed E-state index contributed by atoms with van der Waals surface area (Å²) in [6.45, 7) is 1.02.